The number of carbonyl (C=O) groups excluding carboxylic acids is 1. The Labute approximate surface area is 158 Å². The van der Waals surface area contributed by atoms with Gasteiger partial charge in [-0.25, -0.2) is 0 Å². The first-order valence-electron chi connectivity index (χ1n) is 8.93. The second-order valence-electron chi connectivity index (χ2n) is 6.55. The van der Waals surface area contributed by atoms with E-state index in [9.17, 15) is 9.90 Å². The van der Waals surface area contributed by atoms with Crippen LogP contribution in [0.5, 0.6) is 0 Å². The number of tetrazole rings is 1. The third kappa shape index (κ3) is 4.20. The summed E-state index contributed by atoms with van der Waals surface area (Å²) in [6, 6.07) is 13.3. The van der Waals surface area contributed by atoms with Crippen molar-refractivity contribution < 1.29 is 9.90 Å². The summed E-state index contributed by atoms with van der Waals surface area (Å²) in [5, 5.41) is 23.8. The Morgan fingerprint density at radius 2 is 1.93 bits per heavy atom. The summed E-state index contributed by atoms with van der Waals surface area (Å²) in [6.07, 6.45) is 0.671. The van der Waals surface area contributed by atoms with E-state index in [1.165, 1.54) is 5.56 Å². The van der Waals surface area contributed by atoms with E-state index in [1.807, 2.05) is 50.2 Å². The molecule has 3 aromatic rings. The normalized spacial score (nSPS) is 12.0. The molecule has 2 aromatic carbocycles. The van der Waals surface area contributed by atoms with E-state index < -0.39 is 0 Å². The Kier molecular flexibility index (Phi) is 5.61. The SMILES string of the molecule is CCc1nnnn1-c1cc(C(=O)N[C@@H](C)CO)cc(-c2ccc(C)cc2)c1. The topological polar surface area (TPSA) is 92.9 Å². The van der Waals surface area contributed by atoms with Gasteiger partial charge in [0.2, 0.25) is 0 Å². The van der Waals surface area contributed by atoms with Gasteiger partial charge in [-0.15, -0.1) is 5.10 Å². The maximum Gasteiger partial charge on any atom is 0.251 e. The van der Waals surface area contributed by atoms with Gasteiger partial charge in [0.05, 0.1) is 12.3 Å². The maximum absolute atomic E-state index is 12.6. The van der Waals surface area contributed by atoms with Gasteiger partial charge in [-0.05, 0) is 53.6 Å². The number of aryl methyl sites for hydroxylation is 2. The highest BCUT2D eigenvalue weighted by Crippen LogP contribution is 2.25. The fourth-order valence-corrected chi connectivity index (χ4v) is 2.76. The van der Waals surface area contributed by atoms with Crippen LogP contribution in [-0.4, -0.2) is 43.9 Å². The second-order valence-corrected chi connectivity index (χ2v) is 6.55. The molecule has 0 aliphatic carbocycles. The van der Waals surface area contributed by atoms with Gasteiger partial charge in [-0.1, -0.05) is 36.8 Å². The average molecular weight is 365 g/mol. The highest BCUT2D eigenvalue weighted by molar-refractivity contribution is 5.96. The molecule has 27 heavy (non-hydrogen) atoms. The molecule has 1 atom stereocenters. The Morgan fingerprint density at radius 1 is 1.19 bits per heavy atom. The van der Waals surface area contributed by atoms with E-state index in [4.69, 9.17) is 0 Å². The number of nitrogens with zero attached hydrogens (tertiary/aromatic N) is 4. The van der Waals surface area contributed by atoms with Crippen LogP contribution in [0, 0.1) is 6.92 Å². The number of benzene rings is 2. The van der Waals surface area contributed by atoms with Crippen LogP contribution >= 0.6 is 0 Å². The molecule has 3 rings (SSSR count). The molecule has 2 N–H and O–H groups in total. The molecule has 0 fully saturated rings. The number of carbonyl (C=O) groups is 1. The molecule has 0 unspecified atom stereocenters. The summed E-state index contributed by atoms with van der Waals surface area (Å²) in [5.41, 5.74) is 4.26. The molecule has 7 nitrogen and oxygen atoms in total. The number of aromatic nitrogens is 4. The Morgan fingerprint density at radius 3 is 2.59 bits per heavy atom. The van der Waals surface area contributed by atoms with Crippen molar-refractivity contribution in [1.29, 1.82) is 0 Å². The van der Waals surface area contributed by atoms with Crippen LogP contribution in [0.3, 0.4) is 0 Å². The zero-order chi connectivity index (χ0) is 19.4. The molecule has 1 heterocycles. The highest BCUT2D eigenvalue weighted by atomic mass is 16.3. The monoisotopic (exact) mass is 365 g/mol. The Balaban J connectivity index is 2.10. The summed E-state index contributed by atoms with van der Waals surface area (Å²) >= 11 is 0. The minimum absolute atomic E-state index is 0.122. The van der Waals surface area contributed by atoms with Crippen LogP contribution in [0.25, 0.3) is 16.8 Å². The number of aliphatic hydroxyl groups is 1. The van der Waals surface area contributed by atoms with Crippen molar-refractivity contribution in [2.75, 3.05) is 6.61 Å². The van der Waals surface area contributed by atoms with E-state index in [2.05, 4.69) is 20.8 Å². The lowest BCUT2D eigenvalue weighted by molar-refractivity contribution is 0.0922. The summed E-state index contributed by atoms with van der Waals surface area (Å²) < 4.78 is 1.64. The first kappa shape index (κ1) is 18.7. The number of rotatable bonds is 6. The van der Waals surface area contributed by atoms with Crippen LogP contribution in [-0.2, 0) is 6.42 Å². The van der Waals surface area contributed by atoms with Gasteiger partial charge in [0.1, 0.15) is 0 Å². The lowest BCUT2D eigenvalue weighted by Gasteiger charge is -2.14. The molecular formula is C20H23N5O2. The minimum Gasteiger partial charge on any atom is -0.394 e. The molecule has 7 heteroatoms. The largest absolute Gasteiger partial charge is 0.394 e. The van der Waals surface area contributed by atoms with Crippen LogP contribution in [0.1, 0.15) is 35.6 Å². The summed E-state index contributed by atoms with van der Waals surface area (Å²) in [7, 11) is 0. The van der Waals surface area contributed by atoms with Crippen LogP contribution < -0.4 is 5.32 Å². The maximum atomic E-state index is 12.6. The van der Waals surface area contributed by atoms with Crippen molar-refractivity contribution in [1.82, 2.24) is 25.5 Å². The van der Waals surface area contributed by atoms with Crippen molar-refractivity contribution in [2.45, 2.75) is 33.2 Å². The molecule has 0 aliphatic rings. The third-order valence-corrected chi connectivity index (χ3v) is 4.31. The average Bonchev–Trinajstić information content (AvgIpc) is 3.17. The molecule has 0 saturated heterocycles. The van der Waals surface area contributed by atoms with Crippen molar-refractivity contribution in [3.05, 3.63) is 59.4 Å². The number of aliphatic hydroxyl groups excluding tert-OH is 1. The molecule has 0 aliphatic heterocycles. The molecule has 0 bridgehead atoms. The zero-order valence-electron chi connectivity index (χ0n) is 15.7. The molecular weight excluding hydrogens is 342 g/mol. The quantitative estimate of drug-likeness (QED) is 0.699. The second kappa shape index (κ2) is 8.09. The van der Waals surface area contributed by atoms with Gasteiger partial charge < -0.3 is 10.4 Å². The number of nitrogens with one attached hydrogen (secondary N) is 1. The first-order valence-corrected chi connectivity index (χ1v) is 8.93. The fraction of sp³-hybridized carbons (Fsp3) is 0.300. The highest BCUT2D eigenvalue weighted by Gasteiger charge is 2.15. The van der Waals surface area contributed by atoms with Gasteiger partial charge in [0, 0.05) is 18.0 Å². The van der Waals surface area contributed by atoms with Crippen molar-refractivity contribution >= 4 is 5.91 Å². The molecule has 1 amide bonds. The lowest BCUT2D eigenvalue weighted by Crippen LogP contribution is -2.35. The third-order valence-electron chi connectivity index (χ3n) is 4.31. The predicted octanol–water partition coefficient (Wildman–Crippen LogP) is 2.31. The zero-order valence-corrected chi connectivity index (χ0v) is 15.7. The molecule has 0 saturated carbocycles. The molecule has 0 radical (unpaired) electrons. The van der Waals surface area contributed by atoms with Crippen LogP contribution in [0.2, 0.25) is 0 Å². The predicted molar refractivity (Wildman–Crippen MR) is 103 cm³/mol. The number of amides is 1. The molecule has 140 valence electrons. The van der Waals surface area contributed by atoms with Crippen molar-refractivity contribution in [3.63, 3.8) is 0 Å². The summed E-state index contributed by atoms with van der Waals surface area (Å²) in [4.78, 5) is 12.6. The first-order chi connectivity index (χ1) is 13.0. The van der Waals surface area contributed by atoms with E-state index in [-0.39, 0.29) is 18.6 Å². The van der Waals surface area contributed by atoms with E-state index >= 15 is 0 Å². The fourth-order valence-electron chi connectivity index (χ4n) is 2.76. The van der Waals surface area contributed by atoms with Gasteiger partial charge in [0.15, 0.2) is 5.82 Å². The Hall–Kier alpha value is -3.06. The van der Waals surface area contributed by atoms with E-state index in [1.54, 1.807) is 17.7 Å². The summed E-state index contributed by atoms with van der Waals surface area (Å²) in [5.74, 6) is 0.462. The smallest absolute Gasteiger partial charge is 0.251 e. The lowest BCUT2D eigenvalue weighted by atomic mass is 10.0. The van der Waals surface area contributed by atoms with Crippen molar-refractivity contribution in [3.8, 4) is 16.8 Å². The van der Waals surface area contributed by atoms with Gasteiger partial charge in [0.25, 0.3) is 5.91 Å². The van der Waals surface area contributed by atoms with Crippen LogP contribution in [0.15, 0.2) is 42.5 Å². The molecule has 1 aromatic heterocycles. The van der Waals surface area contributed by atoms with E-state index in [0.717, 1.165) is 16.8 Å². The molecule has 0 spiro atoms. The standard InChI is InChI=1S/C20H23N5O2/c1-4-19-22-23-24-25(19)18-10-16(15-7-5-13(2)6-8-15)9-17(11-18)20(27)21-14(3)12-26/h5-11,14,26H,4,12H2,1-3H3,(H,21,27)/t14-/m0/s1. The van der Waals surface area contributed by atoms with Crippen LogP contribution in [0.4, 0.5) is 0 Å². The van der Waals surface area contributed by atoms with Gasteiger partial charge in [-0.2, -0.15) is 4.68 Å². The van der Waals surface area contributed by atoms with E-state index in [0.29, 0.717) is 17.8 Å². The Bertz CT molecular complexity index is 934. The minimum atomic E-state index is -0.330. The van der Waals surface area contributed by atoms with Crippen molar-refractivity contribution in [2.24, 2.45) is 0 Å². The number of hydrogen-bond acceptors (Lipinski definition) is 5. The summed E-state index contributed by atoms with van der Waals surface area (Å²) in [6.45, 7) is 5.63. The van der Waals surface area contributed by atoms with Gasteiger partial charge >= 0.3 is 0 Å². The number of hydrogen-bond donors (Lipinski definition) is 2. The van der Waals surface area contributed by atoms with Gasteiger partial charge in [-0.3, -0.25) is 4.79 Å².